The first-order valence-corrected chi connectivity index (χ1v) is 17.8. The first-order valence-electron chi connectivity index (χ1n) is 16.4. The fourth-order valence-electron chi connectivity index (χ4n) is 6.52. The predicted octanol–water partition coefficient (Wildman–Crippen LogP) is 5.28. The smallest absolute Gasteiger partial charge is 0.330 e. The Kier molecular flexibility index (Phi) is 10.2. The molecule has 2 aromatic heterocycles. The van der Waals surface area contributed by atoms with Crippen LogP contribution in [-0.4, -0.2) is 47.3 Å². The third-order valence-corrected chi connectivity index (χ3v) is 10.5. The van der Waals surface area contributed by atoms with Crippen LogP contribution in [0.2, 0.25) is 0 Å². The lowest BCUT2D eigenvalue weighted by Gasteiger charge is -2.27. The van der Waals surface area contributed by atoms with E-state index in [9.17, 15) is 18.3 Å². The molecule has 0 radical (unpaired) electrons. The van der Waals surface area contributed by atoms with E-state index in [4.69, 9.17) is 4.74 Å². The molecular weight excluding hydrogens is 602 g/mol. The summed E-state index contributed by atoms with van der Waals surface area (Å²) in [4.78, 5) is 19.8. The lowest BCUT2D eigenvalue weighted by molar-refractivity contribution is 0.146. The number of aliphatic hydroxyl groups excluding tert-OH is 1. The van der Waals surface area contributed by atoms with Gasteiger partial charge in [0.1, 0.15) is 11.9 Å². The molecule has 2 aromatic carbocycles. The van der Waals surface area contributed by atoms with Crippen molar-refractivity contribution < 1.29 is 18.3 Å². The summed E-state index contributed by atoms with van der Waals surface area (Å²) in [6.45, 7) is 0.941. The quantitative estimate of drug-likeness (QED) is 0.137. The summed E-state index contributed by atoms with van der Waals surface area (Å²) in [5.74, 6) is 1.55. The van der Waals surface area contributed by atoms with Gasteiger partial charge in [-0.2, -0.15) is 0 Å². The number of rotatable bonds is 14. The number of hydrogen-bond donors (Lipinski definition) is 4. The Morgan fingerprint density at radius 3 is 2.67 bits per heavy atom. The van der Waals surface area contributed by atoms with Gasteiger partial charge in [0.15, 0.2) is 0 Å². The van der Waals surface area contributed by atoms with Gasteiger partial charge in [-0.25, -0.2) is 13.2 Å². The SMILES string of the molecule is O=c1[nH]c(CCCCC2CCCC2)cn1-c1ccc(NS(=O)(=O)c2ccc3c(c2)CCC(CNCC(O)c2cccnc2)O3)cc1. The number of aromatic amines is 1. The Bertz CT molecular complexity index is 1750. The Labute approximate surface area is 270 Å². The molecule has 11 heteroatoms. The molecule has 0 spiro atoms. The number of pyridine rings is 1. The number of benzene rings is 2. The molecule has 46 heavy (non-hydrogen) atoms. The van der Waals surface area contributed by atoms with Crippen LogP contribution in [0.1, 0.15) is 74.3 Å². The van der Waals surface area contributed by atoms with Crippen molar-refractivity contribution in [2.45, 2.75) is 81.3 Å². The monoisotopic (exact) mass is 645 g/mol. The lowest BCUT2D eigenvalue weighted by atomic mass is 10.00. The summed E-state index contributed by atoms with van der Waals surface area (Å²) in [6.07, 6.45) is 15.6. The number of aromatic nitrogens is 3. The number of sulfonamides is 1. The van der Waals surface area contributed by atoms with Gasteiger partial charge < -0.3 is 20.1 Å². The highest BCUT2D eigenvalue weighted by Gasteiger charge is 2.23. The van der Waals surface area contributed by atoms with Crippen LogP contribution < -0.4 is 20.5 Å². The zero-order chi connectivity index (χ0) is 31.9. The van der Waals surface area contributed by atoms with Crippen molar-refractivity contribution in [2.24, 2.45) is 5.92 Å². The summed E-state index contributed by atoms with van der Waals surface area (Å²) < 4.78 is 36.8. The second-order valence-corrected chi connectivity index (χ2v) is 14.2. The van der Waals surface area contributed by atoms with E-state index in [0.29, 0.717) is 36.6 Å². The highest BCUT2D eigenvalue weighted by atomic mass is 32.2. The molecular formula is C35H43N5O5S. The molecule has 4 aromatic rings. The molecule has 1 aliphatic heterocycles. The third-order valence-electron chi connectivity index (χ3n) is 9.10. The van der Waals surface area contributed by atoms with Crippen LogP contribution in [-0.2, 0) is 22.9 Å². The maximum absolute atomic E-state index is 13.2. The van der Waals surface area contributed by atoms with Gasteiger partial charge in [0.25, 0.3) is 10.0 Å². The van der Waals surface area contributed by atoms with Gasteiger partial charge in [-0.1, -0.05) is 44.6 Å². The van der Waals surface area contributed by atoms with E-state index >= 15 is 0 Å². The van der Waals surface area contributed by atoms with Crippen LogP contribution in [0.4, 0.5) is 5.69 Å². The van der Waals surface area contributed by atoms with Gasteiger partial charge in [0.05, 0.1) is 16.7 Å². The first kappa shape index (κ1) is 32.0. The second-order valence-electron chi connectivity index (χ2n) is 12.5. The van der Waals surface area contributed by atoms with Crippen LogP contribution in [0.25, 0.3) is 5.69 Å². The fourth-order valence-corrected chi connectivity index (χ4v) is 7.63. The number of nitrogens with zero attached hydrogens (tertiary/aromatic N) is 2. The third kappa shape index (κ3) is 8.07. The summed E-state index contributed by atoms with van der Waals surface area (Å²) in [6, 6.07) is 15.3. The Morgan fingerprint density at radius 1 is 1.07 bits per heavy atom. The summed E-state index contributed by atoms with van der Waals surface area (Å²) >= 11 is 0. The van der Waals surface area contributed by atoms with Crippen LogP contribution in [0.3, 0.4) is 0 Å². The number of imidazole rings is 1. The minimum atomic E-state index is -3.84. The highest BCUT2D eigenvalue weighted by molar-refractivity contribution is 7.92. The predicted molar refractivity (Wildman–Crippen MR) is 178 cm³/mol. The summed E-state index contributed by atoms with van der Waals surface area (Å²) in [5.41, 5.74) is 3.39. The van der Waals surface area contributed by atoms with Crippen molar-refractivity contribution in [1.29, 1.82) is 0 Å². The first-order chi connectivity index (χ1) is 22.3. The lowest BCUT2D eigenvalue weighted by Crippen LogP contribution is -2.36. The van der Waals surface area contributed by atoms with Crippen LogP contribution in [0.15, 0.2) is 82.9 Å². The van der Waals surface area contributed by atoms with E-state index in [1.54, 1.807) is 65.5 Å². The standard InChI is InChI=1S/C35H43N5O5S/c41-33(27-9-5-19-36-21-27)23-37-22-31-16-11-26-20-32(17-18-34(26)45-31)46(43,44)39-28-12-14-30(15-13-28)40-24-29(38-35(40)42)10-4-3-8-25-6-1-2-7-25/h5,9,12-15,17-21,24-25,31,33,37,39,41H,1-4,6-8,10-11,16,22-23H2,(H,38,42). The summed E-state index contributed by atoms with van der Waals surface area (Å²) in [7, 11) is -3.84. The molecule has 2 atom stereocenters. The largest absolute Gasteiger partial charge is 0.489 e. The molecule has 1 fully saturated rings. The molecule has 4 N–H and O–H groups in total. The van der Waals surface area contributed by atoms with Gasteiger partial charge in [0.2, 0.25) is 0 Å². The van der Waals surface area contributed by atoms with Gasteiger partial charge in [-0.15, -0.1) is 0 Å². The molecule has 244 valence electrons. The molecule has 2 unspecified atom stereocenters. The van der Waals surface area contributed by atoms with Gasteiger partial charge >= 0.3 is 5.69 Å². The molecule has 2 aliphatic rings. The molecule has 1 aliphatic carbocycles. The Balaban J connectivity index is 1.00. The number of aryl methyl sites for hydroxylation is 2. The topological polar surface area (TPSA) is 138 Å². The molecule has 0 saturated heterocycles. The van der Waals surface area contributed by atoms with Crippen molar-refractivity contribution in [3.8, 4) is 11.4 Å². The molecule has 1 saturated carbocycles. The Morgan fingerprint density at radius 2 is 1.89 bits per heavy atom. The molecule has 6 rings (SSSR count). The normalized spacial score (nSPS) is 17.4. The zero-order valence-corrected chi connectivity index (χ0v) is 26.8. The summed E-state index contributed by atoms with van der Waals surface area (Å²) in [5, 5.41) is 13.6. The van der Waals surface area contributed by atoms with Crippen LogP contribution in [0, 0.1) is 5.92 Å². The van der Waals surface area contributed by atoms with E-state index < -0.39 is 16.1 Å². The molecule has 3 heterocycles. The average molecular weight is 646 g/mol. The number of fused-ring (bicyclic) bond motifs is 1. The zero-order valence-electron chi connectivity index (χ0n) is 26.0. The molecule has 0 bridgehead atoms. The van der Waals surface area contributed by atoms with Crippen molar-refractivity contribution in [3.63, 3.8) is 0 Å². The fraction of sp³-hybridized carbons (Fsp3) is 0.429. The van der Waals surface area contributed by atoms with Crippen molar-refractivity contribution in [1.82, 2.24) is 19.9 Å². The second kappa shape index (κ2) is 14.7. The molecule has 10 nitrogen and oxygen atoms in total. The number of aliphatic hydroxyl groups is 1. The van der Waals surface area contributed by atoms with E-state index in [0.717, 1.165) is 42.0 Å². The number of anilines is 1. The number of unbranched alkanes of at least 4 members (excludes halogenated alkanes) is 1. The van der Waals surface area contributed by atoms with Crippen LogP contribution in [0.5, 0.6) is 5.75 Å². The average Bonchev–Trinajstić information content (AvgIpc) is 3.73. The van der Waals surface area contributed by atoms with Crippen molar-refractivity contribution in [3.05, 3.63) is 100 Å². The number of H-pyrrole nitrogens is 1. The van der Waals surface area contributed by atoms with Crippen molar-refractivity contribution >= 4 is 15.7 Å². The number of ether oxygens (including phenoxy) is 1. The molecule has 0 amide bonds. The Hall–Kier alpha value is -3.93. The van der Waals surface area contributed by atoms with Gasteiger partial charge in [-0.05, 0) is 85.7 Å². The van der Waals surface area contributed by atoms with Gasteiger partial charge in [0, 0.05) is 48.6 Å². The van der Waals surface area contributed by atoms with E-state index in [1.165, 1.54) is 38.5 Å². The maximum atomic E-state index is 13.2. The van der Waals surface area contributed by atoms with E-state index in [1.807, 2.05) is 12.3 Å². The van der Waals surface area contributed by atoms with E-state index in [-0.39, 0.29) is 16.7 Å². The minimum absolute atomic E-state index is 0.0853. The van der Waals surface area contributed by atoms with Crippen molar-refractivity contribution in [2.75, 3.05) is 17.8 Å². The van der Waals surface area contributed by atoms with E-state index in [2.05, 4.69) is 20.0 Å². The van der Waals surface area contributed by atoms with Crippen LogP contribution >= 0.6 is 0 Å². The highest BCUT2D eigenvalue weighted by Crippen LogP contribution is 2.31. The minimum Gasteiger partial charge on any atom is -0.489 e. The maximum Gasteiger partial charge on any atom is 0.330 e. The van der Waals surface area contributed by atoms with Gasteiger partial charge in [-0.3, -0.25) is 14.3 Å². The number of hydrogen-bond acceptors (Lipinski definition) is 7. The number of nitrogens with one attached hydrogen (secondary N) is 3.